The minimum Gasteiger partial charge on any atom is -0.478 e. The third kappa shape index (κ3) is 5.90. The average molecular weight is 409 g/mol. The van der Waals surface area contributed by atoms with Crippen molar-refractivity contribution in [3.63, 3.8) is 0 Å². The first kappa shape index (κ1) is 21.5. The van der Waals surface area contributed by atoms with Crippen molar-refractivity contribution >= 4 is 29.2 Å². The van der Waals surface area contributed by atoms with E-state index in [1.54, 1.807) is 18.2 Å². The minimum atomic E-state index is -1.09. The molecule has 2 amide bonds. The number of aryl methyl sites for hydroxylation is 2. The average Bonchev–Trinajstić information content (AvgIpc) is 3.53. The molecule has 0 radical (unpaired) electrons. The summed E-state index contributed by atoms with van der Waals surface area (Å²) in [4.78, 5) is 38.2. The van der Waals surface area contributed by atoms with Gasteiger partial charge >= 0.3 is 5.97 Å². The zero-order valence-corrected chi connectivity index (χ0v) is 17.3. The molecule has 30 heavy (non-hydrogen) atoms. The predicted molar refractivity (Wildman–Crippen MR) is 116 cm³/mol. The van der Waals surface area contributed by atoms with Crippen molar-refractivity contribution in [1.29, 1.82) is 0 Å². The molecule has 1 aliphatic carbocycles. The maximum Gasteiger partial charge on any atom is 0.337 e. The number of amides is 2. The Kier molecular flexibility index (Phi) is 6.84. The van der Waals surface area contributed by atoms with Crippen molar-refractivity contribution in [3.8, 4) is 0 Å². The van der Waals surface area contributed by atoms with Gasteiger partial charge in [0.05, 0.1) is 17.8 Å². The molecule has 7 nitrogen and oxygen atoms in total. The Morgan fingerprint density at radius 1 is 1.00 bits per heavy atom. The number of hydrogen-bond donors (Lipinski definition) is 3. The molecule has 0 aliphatic heterocycles. The van der Waals surface area contributed by atoms with Crippen LogP contribution in [0.1, 0.15) is 40.7 Å². The molecule has 0 unspecified atom stereocenters. The van der Waals surface area contributed by atoms with Gasteiger partial charge in [0.2, 0.25) is 11.8 Å². The largest absolute Gasteiger partial charge is 0.478 e. The van der Waals surface area contributed by atoms with E-state index in [9.17, 15) is 19.5 Å². The van der Waals surface area contributed by atoms with Crippen LogP contribution >= 0.6 is 0 Å². The van der Waals surface area contributed by atoms with E-state index in [4.69, 9.17) is 0 Å². The number of aromatic carboxylic acids is 1. The lowest BCUT2D eigenvalue weighted by molar-refractivity contribution is -0.119. The van der Waals surface area contributed by atoms with Crippen molar-refractivity contribution in [2.24, 2.45) is 0 Å². The van der Waals surface area contributed by atoms with Gasteiger partial charge in [0.15, 0.2) is 0 Å². The summed E-state index contributed by atoms with van der Waals surface area (Å²) in [7, 11) is 0. The van der Waals surface area contributed by atoms with E-state index >= 15 is 0 Å². The van der Waals surface area contributed by atoms with Crippen molar-refractivity contribution in [2.45, 2.75) is 39.2 Å². The van der Waals surface area contributed by atoms with Crippen LogP contribution in [-0.2, 0) is 9.59 Å². The number of hydrogen-bond acceptors (Lipinski definition) is 4. The van der Waals surface area contributed by atoms with Gasteiger partial charge in [0.1, 0.15) is 0 Å². The highest BCUT2D eigenvalue weighted by atomic mass is 16.4. The number of carboxylic acid groups (broad SMARTS) is 1. The van der Waals surface area contributed by atoms with Gasteiger partial charge in [0.25, 0.3) is 0 Å². The van der Waals surface area contributed by atoms with Gasteiger partial charge in [-0.3, -0.25) is 14.5 Å². The summed E-state index contributed by atoms with van der Waals surface area (Å²) in [6.45, 7) is 4.59. The van der Waals surface area contributed by atoms with Crippen LogP contribution < -0.4 is 10.6 Å². The molecule has 158 valence electrons. The van der Waals surface area contributed by atoms with Crippen LogP contribution in [-0.4, -0.2) is 46.9 Å². The van der Waals surface area contributed by atoms with Gasteiger partial charge in [-0.2, -0.15) is 0 Å². The smallest absolute Gasteiger partial charge is 0.337 e. The quantitative estimate of drug-likeness (QED) is 0.589. The van der Waals surface area contributed by atoms with Gasteiger partial charge in [-0.25, -0.2) is 4.79 Å². The normalized spacial score (nSPS) is 13.2. The maximum atomic E-state index is 12.6. The first-order chi connectivity index (χ1) is 14.3. The molecule has 0 heterocycles. The van der Waals surface area contributed by atoms with Crippen LogP contribution in [0.3, 0.4) is 0 Å². The Morgan fingerprint density at radius 2 is 1.70 bits per heavy atom. The van der Waals surface area contributed by atoms with Gasteiger partial charge in [-0.1, -0.05) is 24.3 Å². The molecule has 0 atom stereocenters. The van der Waals surface area contributed by atoms with Crippen LogP contribution in [0.4, 0.5) is 11.4 Å². The Balaban J connectivity index is 1.55. The molecule has 0 spiro atoms. The first-order valence-electron chi connectivity index (χ1n) is 10.1. The predicted octanol–water partition coefficient (Wildman–Crippen LogP) is 3.43. The maximum absolute atomic E-state index is 12.6. The van der Waals surface area contributed by atoms with Crippen molar-refractivity contribution in [3.05, 3.63) is 59.2 Å². The lowest BCUT2D eigenvalue weighted by atomic mass is 10.1. The number of nitrogens with zero attached hydrogens (tertiary/aromatic N) is 1. The summed E-state index contributed by atoms with van der Waals surface area (Å²) in [5.74, 6) is -1.47. The summed E-state index contributed by atoms with van der Waals surface area (Å²) in [6, 6.07) is 12.5. The van der Waals surface area contributed by atoms with E-state index in [0.717, 1.165) is 29.7 Å². The van der Waals surface area contributed by atoms with Crippen molar-refractivity contribution in [2.75, 3.05) is 23.7 Å². The van der Waals surface area contributed by atoms with E-state index in [1.165, 1.54) is 6.07 Å². The van der Waals surface area contributed by atoms with E-state index in [-0.39, 0.29) is 36.0 Å². The monoisotopic (exact) mass is 409 g/mol. The topological polar surface area (TPSA) is 98.7 Å². The van der Waals surface area contributed by atoms with E-state index in [2.05, 4.69) is 10.6 Å². The van der Waals surface area contributed by atoms with Crippen LogP contribution in [0, 0.1) is 13.8 Å². The number of carboxylic acids is 1. The summed E-state index contributed by atoms with van der Waals surface area (Å²) >= 11 is 0. The van der Waals surface area contributed by atoms with E-state index < -0.39 is 5.97 Å². The lowest BCUT2D eigenvalue weighted by Crippen LogP contribution is -2.37. The van der Waals surface area contributed by atoms with Gasteiger partial charge in [0, 0.05) is 24.7 Å². The van der Waals surface area contributed by atoms with E-state index in [1.807, 2.05) is 36.9 Å². The Bertz CT molecular complexity index is 953. The minimum absolute atomic E-state index is 0.0535. The molecular weight excluding hydrogens is 382 g/mol. The summed E-state index contributed by atoms with van der Waals surface area (Å²) in [5.41, 5.74) is 3.22. The first-order valence-corrected chi connectivity index (χ1v) is 10.1. The number of rotatable bonds is 9. The Morgan fingerprint density at radius 3 is 2.40 bits per heavy atom. The molecular formula is C23H27N3O4. The number of anilines is 2. The fourth-order valence-corrected chi connectivity index (χ4v) is 3.31. The summed E-state index contributed by atoms with van der Waals surface area (Å²) in [5, 5.41) is 14.9. The highest BCUT2D eigenvalue weighted by Crippen LogP contribution is 2.27. The van der Waals surface area contributed by atoms with Crippen LogP contribution in [0.2, 0.25) is 0 Å². The second-order valence-electron chi connectivity index (χ2n) is 7.72. The standard InChI is InChI=1S/C23H27N3O4/c1-15-7-8-16(2)20(13-15)25-22(28)14-26(17-9-10-17)12-11-21(27)24-19-6-4-3-5-18(19)23(29)30/h3-8,13,17H,9-12,14H2,1-2H3,(H,24,27)(H,25,28)(H,29,30). The second kappa shape index (κ2) is 9.54. The van der Waals surface area contributed by atoms with Crippen LogP contribution in [0.5, 0.6) is 0 Å². The van der Waals surface area contributed by atoms with E-state index in [0.29, 0.717) is 12.6 Å². The number of nitrogens with one attached hydrogen (secondary N) is 2. The molecule has 0 bridgehead atoms. The van der Waals surface area contributed by atoms with Gasteiger partial charge in [-0.05, 0) is 56.0 Å². The van der Waals surface area contributed by atoms with Crippen LogP contribution in [0.25, 0.3) is 0 Å². The molecule has 2 aromatic rings. The van der Waals surface area contributed by atoms with Crippen LogP contribution in [0.15, 0.2) is 42.5 Å². The fraction of sp³-hybridized carbons (Fsp3) is 0.348. The molecule has 0 aromatic heterocycles. The Labute approximate surface area is 176 Å². The lowest BCUT2D eigenvalue weighted by Gasteiger charge is -2.21. The zero-order valence-electron chi connectivity index (χ0n) is 17.3. The van der Waals surface area contributed by atoms with Crippen molar-refractivity contribution < 1.29 is 19.5 Å². The molecule has 3 N–H and O–H groups in total. The number of carbonyl (C=O) groups is 3. The summed E-state index contributed by atoms with van der Waals surface area (Å²) in [6.07, 6.45) is 2.21. The third-order valence-corrected chi connectivity index (χ3v) is 5.13. The SMILES string of the molecule is Cc1ccc(C)c(NC(=O)CN(CCC(=O)Nc2ccccc2C(=O)O)C2CC2)c1. The summed E-state index contributed by atoms with van der Waals surface area (Å²) < 4.78 is 0. The highest BCUT2D eigenvalue weighted by Gasteiger charge is 2.30. The van der Waals surface area contributed by atoms with Crippen molar-refractivity contribution in [1.82, 2.24) is 4.90 Å². The number of carbonyl (C=O) groups excluding carboxylic acids is 2. The molecule has 3 rings (SSSR count). The molecule has 7 heteroatoms. The molecule has 2 aromatic carbocycles. The van der Waals surface area contributed by atoms with Gasteiger partial charge in [-0.15, -0.1) is 0 Å². The second-order valence-corrected chi connectivity index (χ2v) is 7.72. The van der Waals surface area contributed by atoms with Gasteiger partial charge < -0.3 is 15.7 Å². The Hall–Kier alpha value is -3.19. The molecule has 1 aliphatic rings. The third-order valence-electron chi connectivity index (χ3n) is 5.13. The molecule has 1 saturated carbocycles. The fourth-order valence-electron chi connectivity index (χ4n) is 3.31. The molecule has 1 fully saturated rings. The highest BCUT2D eigenvalue weighted by molar-refractivity contribution is 6.00. The molecule has 0 saturated heterocycles. The number of benzene rings is 2. The zero-order chi connectivity index (χ0) is 21.7. The number of para-hydroxylation sites is 1.